The quantitative estimate of drug-likeness (QED) is 0.670. The highest BCUT2D eigenvalue weighted by Crippen LogP contribution is 2.47. The monoisotopic (exact) mass is 212 g/mol. The van der Waals surface area contributed by atoms with Crippen LogP contribution in [0.1, 0.15) is 52.9 Å². The highest BCUT2D eigenvalue weighted by atomic mass is 16.5. The van der Waals surface area contributed by atoms with Crippen LogP contribution < -0.4 is 0 Å². The Morgan fingerprint density at radius 1 is 1.40 bits per heavy atom. The van der Waals surface area contributed by atoms with E-state index in [1.54, 1.807) is 0 Å². The Morgan fingerprint density at radius 3 is 2.53 bits per heavy atom. The zero-order valence-corrected chi connectivity index (χ0v) is 10.5. The van der Waals surface area contributed by atoms with Gasteiger partial charge in [-0.2, -0.15) is 0 Å². The molecule has 0 amide bonds. The van der Waals surface area contributed by atoms with Crippen molar-refractivity contribution >= 4 is 5.97 Å². The number of hydrogen-bond acceptors (Lipinski definition) is 2. The Labute approximate surface area is 93.4 Å². The van der Waals surface area contributed by atoms with Crippen LogP contribution in [0.2, 0.25) is 0 Å². The Balaban J connectivity index is 2.89. The molecule has 2 unspecified atom stereocenters. The summed E-state index contributed by atoms with van der Waals surface area (Å²) < 4.78 is 4.98. The Hall–Kier alpha value is -0.530. The average molecular weight is 212 g/mol. The topological polar surface area (TPSA) is 26.3 Å². The lowest BCUT2D eigenvalue weighted by molar-refractivity contribution is -0.160. The molecule has 0 spiro atoms. The van der Waals surface area contributed by atoms with Gasteiger partial charge < -0.3 is 4.74 Å². The van der Waals surface area contributed by atoms with Gasteiger partial charge in [-0.1, -0.05) is 39.5 Å². The lowest BCUT2D eigenvalue weighted by atomic mass is 9.61. The normalized spacial score (nSPS) is 36.3. The van der Waals surface area contributed by atoms with Crippen LogP contribution in [-0.4, -0.2) is 13.1 Å². The van der Waals surface area contributed by atoms with E-state index in [9.17, 15) is 4.79 Å². The van der Waals surface area contributed by atoms with Gasteiger partial charge in [-0.15, -0.1) is 0 Å². The van der Waals surface area contributed by atoms with E-state index in [1.165, 1.54) is 26.4 Å². The molecule has 2 nitrogen and oxygen atoms in total. The van der Waals surface area contributed by atoms with Gasteiger partial charge in [0.15, 0.2) is 0 Å². The number of carbonyl (C=O) groups excluding carboxylic acids is 1. The van der Waals surface area contributed by atoms with Gasteiger partial charge in [-0.25, -0.2) is 0 Å². The fraction of sp³-hybridized carbons (Fsp3) is 0.923. The molecular formula is C13H24O2. The summed E-state index contributed by atoms with van der Waals surface area (Å²) in [6, 6.07) is 0. The first-order valence-corrected chi connectivity index (χ1v) is 6.18. The summed E-state index contributed by atoms with van der Waals surface area (Å²) in [5, 5.41) is 0. The SMILES string of the molecule is CCC1CCC[C@@](C)(C(=O)OC)C1CC. The van der Waals surface area contributed by atoms with Gasteiger partial charge in [0.05, 0.1) is 12.5 Å². The lowest BCUT2D eigenvalue weighted by Gasteiger charge is -2.43. The van der Waals surface area contributed by atoms with E-state index in [0.717, 1.165) is 12.8 Å². The molecule has 2 heteroatoms. The molecule has 0 aromatic rings. The number of rotatable bonds is 3. The summed E-state index contributed by atoms with van der Waals surface area (Å²) in [6.45, 7) is 6.52. The smallest absolute Gasteiger partial charge is 0.311 e. The van der Waals surface area contributed by atoms with Gasteiger partial charge in [0, 0.05) is 0 Å². The van der Waals surface area contributed by atoms with Crippen molar-refractivity contribution < 1.29 is 9.53 Å². The van der Waals surface area contributed by atoms with E-state index in [0.29, 0.717) is 11.8 Å². The standard InChI is InChI=1S/C13H24O2/c1-5-10-8-7-9-13(3,11(10)6-2)12(14)15-4/h10-11H,5-9H2,1-4H3/t10?,11?,13-/m1/s1. The van der Waals surface area contributed by atoms with Crippen molar-refractivity contribution in [2.24, 2.45) is 17.3 Å². The zero-order chi connectivity index (χ0) is 11.5. The molecule has 0 aliphatic heterocycles. The summed E-state index contributed by atoms with van der Waals surface area (Å²) in [5.74, 6) is 1.20. The Morgan fingerprint density at radius 2 is 2.07 bits per heavy atom. The van der Waals surface area contributed by atoms with E-state index in [4.69, 9.17) is 4.74 Å². The number of esters is 1. The second-order valence-corrected chi connectivity index (χ2v) is 4.98. The van der Waals surface area contributed by atoms with Crippen molar-refractivity contribution in [3.05, 3.63) is 0 Å². The van der Waals surface area contributed by atoms with Gasteiger partial charge in [-0.3, -0.25) is 4.79 Å². The molecule has 0 saturated heterocycles. The van der Waals surface area contributed by atoms with Crippen molar-refractivity contribution in [3.8, 4) is 0 Å². The van der Waals surface area contributed by atoms with Crippen LogP contribution in [0.25, 0.3) is 0 Å². The second-order valence-electron chi connectivity index (χ2n) is 4.98. The first-order chi connectivity index (χ1) is 7.10. The number of hydrogen-bond donors (Lipinski definition) is 0. The van der Waals surface area contributed by atoms with Crippen LogP contribution in [0.4, 0.5) is 0 Å². The van der Waals surface area contributed by atoms with Crippen LogP contribution in [-0.2, 0) is 9.53 Å². The minimum absolute atomic E-state index is 0.00694. The van der Waals surface area contributed by atoms with Crippen molar-refractivity contribution in [1.82, 2.24) is 0 Å². The third-order valence-electron chi connectivity index (χ3n) is 4.27. The molecule has 1 aliphatic rings. The maximum atomic E-state index is 11.9. The number of ether oxygens (including phenoxy) is 1. The summed E-state index contributed by atoms with van der Waals surface area (Å²) in [6.07, 6.45) is 5.71. The fourth-order valence-electron chi connectivity index (χ4n) is 3.40. The van der Waals surface area contributed by atoms with E-state index < -0.39 is 0 Å². The van der Waals surface area contributed by atoms with Gasteiger partial charge in [-0.05, 0) is 25.2 Å². The lowest BCUT2D eigenvalue weighted by Crippen LogP contribution is -2.43. The first-order valence-electron chi connectivity index (χ1n) is 6.18. The molecule has 0 N–H and O–H groups in total. The minimum atomic E-state index is -0.234. The van der Waals surface area contributed by atoms with Gasteiger partial charge >= 0.3 is 5.97 Å². The third kappa shape index (κ3) is 2.19. The summed E-state index contributed by atoms with van der Waals surface area (Å²) in [7, 11) is 1.51. The van der Waals surface area contributed by atoms with E-state index in [1.807, 2.05) is 0 Å². The fourth-order valence-corrected chi connectivity index (χ4v) is 3.40. The van der Waals surface area contributed by atoms with Crippen molar-refractivity contribution in [2.45, 2.75) is 52.9 Å². The molecule has 0 bridgehead atoms. The molecule has 0 radical (unpaired) electrons. The third-order valence-corrected chi connectivity index (χ3v) is 4.27. The van der Waals surface area contributed by atoms with Crippen LogP contribution in [0.15, 0.2) is 0 Å². The van der Waals surface area contributed by atoms with Gasteiger partial charge in [0.1, 0.15) is 0 Å². The maximum absolute atomic E-state index is 11.9. The van der Waals surface area contributed by atoms with Gasteiger partial charge in [0.2, 0.25) is 0 Å². The predicted octanol–water partition coefficient (Wildman–Crippen LogP) is 3.40. The first kappa shape index (κ1) is 12.5. The molecule has 0 aromatic heterocycles. The predicted molar refractivity (Wildman–Crippen MR) is 61.5 cm³/mol. The molecule has 1 rings (SSSR count). The van der Waals surface area contributed by atoms with Crippen molar-refractivity contribution in [1.29, 1.82) is 0 Å². The van der Waals surface area contributed by atoms with Gasteiger partial charge in [0.25, 0.3) is 0 Å². The summed E-state index contributed by atoms with van der Waals surface area (Å²) >= 11 is 0. The van der Waals surface area contributed by atoms with E-state index in [2.05, 4.69) is 20.8 Å². The zero-order valence-electron chi connectivity index (χ0n) is 10.5. The molecule has 88 valence electrons. The molecule has 1 aliphatic carbocycles. The molecule has 3 atom stereocenters. The second kappa shape index (κ2) is 5.00. The molecule has 0 aromatic carbocycles. The number of carbonyl (C=O) groups is 1. The Kier molecular flexibility index (Phi) is 4.18. The largest absolute Gasteiger partial charge is 0.469 e. The molecule has 0 heterocycles. The molecule has 1 saturated carbocycles. The van der Waals surface area contributed by atoms with E-state index >= 15 is 0 Å². The van der Waals surface area contributed by atoms with Crippen molar-refractivity contribution in [3.63, 3.8) is 0 Å². The van der Waals surface area contributed by atoms with Crippen LogP contribution >= 0.6 is 0 Å². The average Bonchev–Trinajstić information content (AvgIpc) is 2.27. The maximum Gasteiger partial charge on any atom is 0.311 e. The number of methoxy groups -OCH3 is 1. The molecule has 15 heavy (non-hydrogen) atoms. The van der Waals surface area contributed by atoms with Crippen molar-refractivity contribution in [2.75, 3.05) is 7.11 Å². The summed E-state index contributed by atoms with van der Waals surface area (Å²) in [4.78, 5) is 11.9. The molecular weight excluding hydrogens is 188 g/mol. The van der Waals surface area contributed by atoms with Crippen LogP contribution in [0.3, 0.4) is 0 Å². The minimum Gasteiger partial charge on any atom is -0.469 e. The van der Waals surface area contributed by atoms with Crippen LogP contribution in [0, 0.1) is 17.3 Å². The van der Waals surface area contributed by atoms with E-state index in [-0.39, 0.29) is 11.4 Å². The highest BCUT2D eigenvalue weighted by molar-refractivity contribution is 5.76. The summed E-state index contributed by atoms with van der Waals surface area (Å²) in [5.41, 5.74) is -0.234. The highest BCUT2D eigenvalue weighted by Gasteiger charge is 2.46. The molecule has 1 fully saturated rings. The Bertz CT molecular complexity index is 225. The van der Waals surface area contributed by atoms with Crippen LogP contribution in [0.5, 0.6) is 0 Å².